The number of alkyl halides is 3. The standard InChI is InChI=1S/C16H20F3N5O/c17-16(18,19)12-8-13(22-15(21-12)23-4-1-2-5-23)24-6-3-11-10(9-24)7-14(25)20-11/h8,10-11H,1-7,9H2,(H,20,25)/t10-,11+/m1/s1. The highest BCUT2D eigenvalue weighted by molar-refractivity contribution is 5.79. The number of piperidine rings is 1. The van der Waals surface area contributed by atoms with E-state index in [1.807, 2.05) is 9.80 Å². The molecule has 3 aliphatic rings. The van der Waals surface area contributed by atoms with Gasteiger partial charge in [-0.1, -0.05) is 0 Å². The summed E-state index contributed by atoms with van der Waals surface area (Å²) in [6.07, 6.45) is -1.47. The quantitative estimate of drug-likeness (QED) is 0.877. The fourth-order valence-electron chi connectivity index (χ4n) is 3.93. The van der Waals surface area contributed by atoms with Crippen LogP contribution in [0.5, 0.6) is 0 Å². The van der Waals surface area contributed by atoms with Crippen LogP contribution in [0.2, 0.25) is 0 Å². The van der Waals surface area contributed by atoms with E-state index in [0.29, 0.717) is 38.4 Å². The zero-order chi connectivity index (χ0) is 17.6. The lowest BCUT2D eigenvalue weighted by Crippen LogP contribution is -2.45. The molecule has 0 bridgehead atoms. The molecule has 0 spiro atoms. The first-order valence-corrected chi connectivity index (χ1v) is 8.66. The molecular weight excluding hydrogens is 335 g/mol. The van der Waals surface area contributed by atoms with Gasteiger partial charge in [-0.3, -0.25) is 4.79 Å². The minimum Gasteiger partial charge on any atom is -0.356 e. The van der Waals surface area contributed by atoms with Crippen LogP contribution in [-0.4, -0.2) is 48.1 Å². The number of rotatable bonds is 2. The van der Waals surface area contributed by atoms with Gasteiger partial charge in [-0.25, -0.2) is 4.98 Å². The van der Waals surface area contributed by atoms with Gasteiger partial charge >= 0.3 is 6.18 Å². The van der Waals surface area contributed by atoms with Gasteiger partial charge in [0.15, 0.2) is 5.69 Å². The minimum absolute atomic E-state index is 0.0215. The molecule has 25 heavy (non-hydrogen) atoms. The second-order valence-corrected chi connectivity index (χ2v) is 6.98. The lowest BCUT2D eigenvalue weighted by Gasteiger charge is -2.35. The van der Waals surface area contributed by atoms with Crippen molar-refractivity contribution in [3.63, 3.8) is 0 Å². The number of amides is 1. The molecule has 2 atom stereocenters. The van der Waals surface area contributed by atoms with E-state index in [1.54, 1.807) is 0 Å². The number of anilines is 2. The van der Waals surface area contributed by atoms with Crippen molar-refractivity contribution in [1.82, 2.24) is 15.3 Å². The van der Waals surface area contributed by atoms with Crippen LogP contribution in [0.1, 0.15) is 31.4 Å². The monoisotopic (exact) mass is 355 g/mol. The van der Waals surface area contributed by atoms with E-state index in [2.05, 4.69) is 15.3 Å². The Morgan fingerprint density at radius 1 is 1.12 bits per heavy atom. The SMILES string of the molecule is O=C1C[C@@H]2CN(c3cc(C(F)(F)F)nc(N4CCCC4)n3)CC[C@@H]2N1. The second kappa shape index (κ2) is 6.03. The summed E-state index contributed by atoms with van der Waals surface area (Å²) in [4.78, 5) is 23.4. The average Bonchev–Trinajstić information content (AvgIpc) is 3.21. The highest BCUT2D eigenvalue weighted by Gasteiger charge is 2.39. The third kappa shape index (κ3) is 3.23. The van der Waals surface area contributed by atoms with Crippen LogP contribution in [0.3, 0.4) is 0 Å². The van der Waals surface area contributed by atoms with Gasteiger partial charge in [-0.05, 0) is 19.3 Å². The summed E-state index contributed by atoms with van der Waals surface area (Å²) in [6, 6.07) is 1.16. The molecular formula is C16H20F3N5O. The first kappa shape index (κ1) is 16.4. The molecule has 3 fully saturated rings. The summed E-state index contributed by atoms with van der Waals surface area (Å²) in [7, 11) is 0. The van der Waals surface area contributed by atoms with Crippen LogP contribution in [0, 0.1) is 5.92 Å². The zero-order valence-electron chi connectivity index (χ0n) is 13.7. The Bertz CT molecular complexity index is 674. The van der Waals surface area contributed by atoms with Crippen molar-refractivity contribution < 1.29 is 18.0 Å². The summed E-state index contributed by atoms with van der Waals surface area (Å²) < 4.78 is 39.9. The fourth-order valence-corrected chi connectivity index (χ4v) is 3.93. The second-order valence-electron chi connectivity index (χ2n) is 6.98. The molecule has 0 saturated carbocycles. The predicted octanol–water partition coefficient (Wildman–Crippen LogP) is 1.81. The highest BCUT2D eigenvalue weighted by Crippen LogP contribution is 2.34. The third-order valence-corrected chi connectivity index (χ3v) is 5.23. The molecule has 1 aromatic rings. The molecule has 3 aliphatic heterocycles. The molecule has 1 amide bonds. The van der Waals surface area contributed by atoms with Crippen LogP contribution in [0.25, 0.3) is 0 Å². The van der Waals surface area contributed by atoms with E-state index < -0.39 is 11.9 Å². The van der Waals surface area contributed by atoms with Crippen LogP contribution < -0.4 is 15.1 Å². The first-order chi connectivity index (χ1) is 11.9. The number of aromatic nitrogens is 2. The minimum atomic E-state index is -4.50. The summed E-state index contributed by atoms with van der Waals surface area (Å²) in [6.45, 7) is 2.49. The molecule has 0 aliphatic carbocycles. The number of nitrogens with one attached hydrogen (secondary N) is 1. The number of halogens is 3. The van der Waals surface area contributed by atoms with Gasteiger partial charge in [0.1, 0.15) is 5.82 Å². The summed E-state index contributed by atoms with van der Waals surface area (Å²) in [5.74, 6) is 0.612. The number of fused-ring (bicyclic) bond motifs is 1. The molecule has 0 aromatic carbocycles. The van der Waals surface area contributed by atoms with Crippen molar-refractivity contribution in [2.75, 3.05) is 36.0 Å². The lowest BCUT2D eigenvalue weighted by atomic mass is 9.93. The van der Waals surface area contributed by atoms with Crippen LogP contribution in [0.15, 0.2) is 6.07 Å². The molecule has 3 saturated heterocycles. The van der Waals surface area contributed by atoms with Gasteiger partial charge in [0.05, 0.1) is 0 Å². The number of hydrogen-bond donors (Lipinski definition) is 1. The van der Waals surface area contributed by atoms with Gasteiger partial charge in [0.2, 0.25) is 11.9 Å². The Kier molecular flexibility index (Phi) is 3.96. The molecule has 9 heteroatoms. The van der Waals surface area contributed by atoms with Crippen molar-refractivity contribution in [2.24, 2.45) is 5.92 Å². The van der Waals surface area contributed by atoms with E-state index in [0.717, 1.165) is 25.3 Å². The maximum Gasteiger partial charge on any atom is 0.433 e. The van der Waals surface area contributed by atoms with Crippen molar-refractivity contribution in [3.05, 3.63) is 11.8 Å². The average molecular weight is 355 g/mol. The van der Waals surface area contributed by atoms with Crippen LogP contribution in [0.4, 0.5) is 24.9 Å². The maximum atomic E-state index is 13.3. The van der Waals surface area contributed by atoms with Crippen molar-refractivity contribution in [2.45, 2.75) is 37.9 Å². The largest absolute Gasteiger partial charge is 0.433 e. The van der Waals surface area contributed by atoms with E-state index in [9.17, 15) is 18.0 Å². The molecule has 6 nitrogen and oxygen atoms in total. The maximum absolute atomic E-state index is 13.3. The summed E-state index contributed by atoms with van der Waals surface area (Å²) in [5, 5.41) is 2.93. The summed E-state index contributed by atoms with van der Waals surface area (Å²) in [5.41, 5.74) is -0.901. The molecule has 0 unspecified atom stereocenters. The molecule has 1 N–H and O–H groups in total. The van der Waals surface area contributed by atoms with Gasteiger partial charge in [0, 0.05) is 50.6 Å². The predicted molar refractivity (Wildman–Crippen MR) is 85.3 cm³/mol. The van der Waals surface area contributed by atoms with E-state index in [-0.39, 0.29) is 23.8 Å². The highest BCUT2D eigenvalue weighted by atomic mass is 19.4. The Hall–Kier alpha value is -2.06. The summed E-state index contributed by atoms with van der Waals surface area (Å²) >= 11 is 0. The van der Waals surface area contributed by atoms with Crippen molar-refractivity contribution in [1.29, 1.82) is 0 Å². The molecule has 0 radical (unpaired) electrons. The van der Waals surface area contributed by atoms with Crippen molar-refractivity contribution >= 4 is 17.7 Å². The smallest absolute Gasteiger partial charge is 0.356 e. The third-order valence-electron chi connectivity index (χ3n) is 5.23. The van der Waals surface area contributed by atoms with E-state index >= 15 is 0 Å². The zero-order valence-corrected chi connectivity index (χ0v) is 13.7. The Morgan fingerprint density at radius 3 is 2.60 bits per heavy atom. The molecule has 4 heterocycles. The topological polar surface area (TPSA) is 61.4 Å². The number of carbonyl (C=O) groups is 1. The number of hydrogen-bond acceptors (Lipinski definition) is 5. The van der Waals surface area contributed by atoms with Crippen LogP contribution in [-0.2, 0) is 11.0 Å². The molecule has 136 valence electrons. The van der Waals surface area contributed by atoms with E-state index in [1.165, 1.54) is 0 Å². The number of carbonyl (C=O) groups excluding carboxylic acids is 1. The Labute approximate surface area is 143 Å². The normalized spacial score (nSPS) is 26.8. The molecule has 1 aromatic heterocycles. The van der Waals surface area contributed by atoms with Crippen molar-refractivity contribution in [3.8, 4) is 0 Å². The van der Waals surface area contributed by atoms with Gasteiger partial charge in [0.25, 0.3) is 0 Å². The first-order valence-electron chi connectivity index (χ1n) is 8.66. The lowest BCUT2D eigenvalue weighted by molar-refractivity contribution is -0.141. The molecule has 4 rings (SSSR count). The van der Waals surface area contributed by atoms with Gasteiger partial charge < -0.3 is 15.1 Å². The van der Waals surface area contributed by atoms with Gasteiger partial charge in [-0.15, -0.1) is 0 Å². The van der Waals surface area contributed by atoms with Gasteiger partial charge in [-0.2, -0.15) is 18.2 Å². The Morgan fingerprint density at radius 2 is 1.88 bits per heavy atom. The van der Waals surface area contributed by atoms with E-state index in [4.69, 9.17) is 0 Å². The Balaban J connectivity index is 1.64. The fraction of sp³-hybridized carbons (Fsp3) is 0.688. The van der Waals surface area contributed by atoms with Crippen LogP contribution >= 0.6 is 0 Å². The number of nitrogens with zero attached hydrogens (tertiary/aromatic N) is 4.